The highest BCUT2D eigenvalue weighted by Gasteiger charge is 2.19. The Morgan fingerprint density at radius 1 is 1.39 bits per heavy atom. The number of nitrogens with zero attached hydrogens (tertiary/aromatic N) is 1. The van der Waals surface area contributed by atoms with E-state index in [4.69, 9.17) is 23.8 Å². The van der Waals surface area contributed by atoms with Crippen LogP contribution in [0, 0.1) is 6.92 Å². The summed E-state index contributed by atoms with van der Waals surface area (Å²) in [5.74, 6) is 0. The van der Waals surface area contributed by atoms with Gasteiger partial charge in [-0.1, -0.05) is 31.0 Å². The molecule has 0 aliphatic carbocycles. The highest BCUT2D eigenvalue weighted by molar-refractivity contribution is 7.80. The van der Waals surface area contributed by atoms with E-state index in [2.05, 4.69) is 22.5 Å². The van der Waals surface area contributed by atoms with Crippen molar-refractivity contribution in [1.29, 1.82) is 0 Å². The maximum absolute atomic E-state index is 6.13. The molecular formula is C18H28ClN3S. The van der Waals surface area contributed by atoms with E-state index in [0.717, 1.165) is 41.8 Å². The first kappa shape index (κ1) is 18.5. The van der Waals surface area contributed by atoms with Gasteiger partial charge >= 0.3 is 0 Å². The van der Waals surface area contributed by atoms with E-state index in [1.807, 2.05) is 25.1 Å². The molecule has 1 aliphatic heterocycles. The second kappa shape index (κ2) is 9.45. The first-order valence-electron chi connectivity index (χ1n) is 8.65. The predicted octanol–water partition coefficient (Wildman–Crippen LogP) is 4.59. The minimum atomic E-state index is 0.663. The zero-order chi connectivity index (χ0) is 16.7. The number of anilines is 1. The second-order valence-corrected chi connectivity index (χ2v) is 7.11. The molecule has 1 aliphatic rings. The topological polar surface area (TPSA) is 27.3 Å². The van der Waals surface area contributed by atoms with E-state index in [9.17, 15) is 0 Å². The van der Waals surface area contributed by atoms with E-state index >= 15 is 0 Å². The maximum Gasteiger partial charge on any atom is 0.170 e. The van der Waals surface area contributed by atoms with Gasteiger partial charge in [-0.2, -0.15) is 0 Å². The fraction of sp³-hybridized carbons (Fsp3) is 0.611. The largest absolute Gasteiger partial charge is 0.362 e. The monoisotopic (exact) mass is 353 g/mol. The standard InChI is InChI=1S/C18H28ClN3S/c1-3-16-7-4-5-11-22(16)12-6-10-20-18(23)21-15-9-8-14(2)17(19)13-15/h8-9,13,16H,3-7,10-12H2,1-2H3,(H2,20,21,23). The molecule has 1 fully saturated rings. The quantitative estimate of drug-likeness (QED) is 0.577. The van der Waals surface area contributed by atoms with Crippen molar-refractivity contribution in [3.8, 4) is 0 Å². The molecule has 1 aromatic rings. The number of hydrogen-bond donors (Lipinski definition) is 2. The number of aryl methyl sites for hydroxylation is 1. The Bertz CT molecular complexity index is 521. The molecule has 0 radical (unpaired) electrons. The Hall–Kier alpha value is -0.840. The number of rotatable bonds is 6. The summed E-state index contributed by atoms with van der Waals surface area (Å²) in [5, 5.41) is 7.90. The lowest BCUT2D eigenvalue weighted by Crippen LogP contribution is -2.40. The molecule has 1 atom stereocenters. The summed E-state index contributed by atoms with van der Waals surface area (Å²) < 4.78 is 0. The summed E-state index contributed by atoms with van der Waals surface area (Å²) in [4.78, 5) is 2.64. The Labute approximate surface area is 150 Å². The molecule has 5 heteroatoms. The highest BCUT2D eigenvalue weighted by Crippen LogP contribution is 2.20. The Morgan fingerprint density at radius 3 is 2.96 bits per heavy atom. The van der Waals surface area contributed by atoms with Crippen LogP contribution in [0.3, 0.4) is 0 Å². The molecule has 0 amide bonds. The van der Waals surface area contributed by atoms with E-state index in [0.29, 0.717) is 5.11 Å². The molecule has 2 N–H and O–H groups in total. The zero-order valence-electron chi connectivity index (χ0n) is 14.2. The molecule has 23 heavy (non-hydrogen) atoms. The first-order chi connectivity index (χ1) is 11.1. The van der Waals surface area contributed by atoms with E-state index < -0.39 is 0 Å². The molecule has 0 saturated carbocycles. The van der Waals surface area contributed by atoms with Crippen LogP contribution in [0.5, 0.6) is 0 Å². The van der Waals surface area contributed by atoms with Gasteiger partial charge in [-0.05, 0) is 69.1 Å². The normalized spacial score (nSPS) is 18.7. The average Bonchev–Trinajstić information content (AvgIpc) is 2.55. The van der Waals surface area contributed by atoms with Gasteiger partial charge in [0.05, 0.1) is 0 Å². The van der Waals surface area contributed by atoms with Crippen molar-refractivity contribution in [3.63, 3.8) is 0 Å². The minimum Gasteiger partial charge on any atom is -0.362 e. The highest BCUT2D eigenvalue weighted by atomic mass is 35.5. The van der Waals surface area contributed by atoms with E-state index in [1.54, 1.807) is 0 Å². The predicted molar refractivity (Wildman–Crippen MR) is 105 cm³/mol. The van der Waals surface area contributed by atoms with Gasteiger partial charge in [-0.15, -0.1) is 0 Å². The van der Waals surface area contributed by atoms with Gasteiger partial charge < -0.3 is 15.5 Å². The molecule has 1 aromatic carbocycles. The zero-order valence-corrected chi connectivity index (χ0v) is 15.8. The fourth-order valence-corrected chi connectivity index (χ4v) is 3.55. The van der Waals surface area contributed by atoms with Crippen molar-refractivity contribution < 1.29 is 0 Å². The molecule has 1 unspecified atom stereocenters. The minimum absolute atomic E-state index is 0.663. The van der Waals surface area contributed by atoms with Crippen LogP contribution in [-0.2, 0) is 0 Å². The van der Waals surface area contributed by atoms with Crippen molar-refractivity contribution in [2.75, 3.05) is 25.0 Å². The van der Waals surface area contributed by atoms with Gasteiger partial charge in [0.2, 0.25) is 0 Å². The molecule has 0 bridgehead atoms. The lowest BCUT2D eigenvalue weighted by molar-refractivity contribution is 0.143. The number of benzene rings is 1. The Balaban J connectivity index is 1.67. The summed E-state index contributed by atoms with van der Waals surface area (Å²) in [6.45, 7) is 7.60. The fourth-order valence-electron chi connectivity index (χ4n) is 3.15. The lowest BCUT2D eigenvalue weighted by Gasteiger charge is -2.35. The second-order valence-electron chi connectivity index (χ2n) is 6.29. The number of nitrogens with one attached hydrogen (secondary N) is 2. The molecule has 2 rings (SSSR count). The van der Waals surface area contributed by atoms with Crippen LogP contribution in [0.1, 0.15) is 44.6 Å². The number of hydrogen-bond acceptors (Lipinski definition) is 2. The smallest absolute Gasteiger partial charge is 0.170 e. The van der Waals surface area contributed by atoms with Gasteiger partial charge in [0.1, 0.15) is 0 Å². The van der Waals surface area contributed by atoms with Gasteiger partial charge in [0.25, 0.3) is 0 Å². The Morgan fingerprint density at radius 2 is 2.22 bits per heavy atom. The Kier molecular flexibility index (Phi) is 7.60. The number of likely N-dealkylation sites (tertiary alicyclic amines) is 1. The third-order valence-corrected chi connectivity index (χ3v) is 5.21. The molecule has 1 heterocycles. The number of piperidine rings is 1. The number of halogens is 1. The van der Waals surface area contributed by atoms with Crippen molar-refractivity contribution in [3.05, 3.63) is 28.8 Å². The summed E-state index contributed by atoms with van der Waals surface area (Å²) in [6.07, 6.45) is 6.48. The van der Waals surface area contributed by atoms with Crippen LogP contribution < -0.4 is 10.6 Å². The summed E-state index contributed by atoms with van der Waals surface area (Å²) in [6, 6.07) is 6.68. The van der Waals surface area contributed by atoms with Gasteiger partial charge in [-0.3, -0.25) is 0 Å². The molecule has 0 spiro atoms. The first-order valence-corrected chi connectivity index (χ1v) is 9.44. The van der Waals surface area contributed by atoms with Crippen LogP contribution >= 0.6 is 23.8 Å². The average molecular weight is 354 g/mol. The summed E-state index contributed by atoms with van der Waals surface area (Å²) in [5.41, 5.74) is 2.00. The third-order valence-electron chi connectivity index (χ3n) is 4.56. The van der Waals surface area contributed by atoms with E-state index in [1.165, 1.54) is 32.2 Å². The van der Waals surface area contributed by atoms with Gasteiger partial charge in [0.15, 0.2) is 5.11 Å². The SMILES string of the molecule is CCC1CCCCN1CCCNC(=S)Nc1ccc(C)c(Cl)c1. The van der Waals surface area contributed by atoms with Crippen molar-refractivity contribution in [1.82, 2.24) is 10.2 Å². The third kappa shape index (κ3) is 5.94. The molecule has 0 aromatic heterocycles. The number of thiocarbonyl (C=S) groups is 1. The van der Waals surface area contributed by atoms with Crippen molar-refractivity contribution in [2.45, 2.75) is 52.0 Å². The molecule has 1 saturated heterocycles. The van der Waals surface area contributed by atoms with E-state index in [-0.39, 0.29) is 0 Å². The molecular weight excluding hydrogens is 326 g/mol. The van der Waals surface area contributed by atoms with Crippen LogP contribution in [0.25, 0.3) is 0 Å². The van der Waals surface area contributed by atoms with Gasteiger partial charge in [-0.25, -0.2) is 0 Å². The summed E-state index contributed by atoms with van der Waals surface area (Å²) >= 11 is 11.5. The van der Waals surface area contributed by atoms with Crippen LogP contribution in [0.15, 0.2) is 18.2 Å². The maximum atomic E-state index is 6.13. The summed E-state index contributed by atoms with van der Waals surface area (Å²) in [7, 11) is 0. The molecule has 3 nitrogen and oxygen atoms in total. The lowest BCUT2D eigenvalue weighted by atomic mass is 10.00. The van der Waals surface area contributed by atoms with Crippen molar-refractivity contribution >= 4 is 34.6 Å². The van der Waals surface area contributed by atoms with Crippen molar-refractivity contribution in [2.24, 2.45) is 0 Å². The van der Waals surface area contributed by atoms with Crippen LogP contribution in [-0.4, -0.2) is 35.7 Å². The van der Waals surface area contributed by atoms with Crippen LogP contribution in [0.2, 0.25) is 5.02 Å². The van der Waals surface area contributed by atoms with Crippen LogP contribution in [0.4, 0.5) is 5.69 Å². The molecule has 128 valence electrons. The van der Waals surface area contributed by atoms with Gasteiger partial charge in [0, 0.05) is 29.8 Å².